The molecule has 23 heavy (non-hydrogen) atoms. The molecule has 1 N–H and O–H groups in total. The Morgan fingerprint density at radius 1 is 1.43 bits per heavy atom. The number of piperidine rings is 1. The van der Waals surface area contributed by atoms with Crippen LogP contribution in [0.25, 0.3) is 0 Å². The van der Waals surface area contributed by atoms with Crippen molar-refractivity contribution in [3.05, 3.63) is 30.1 Å². The van der Waals surface area contributed by atoms with Crippen molar-refractivity contribution >= 4 is 10.0 Å². The van der Waals surface area contributed by atoms with E-state index in [0.29, 0.717) is 12.5 Å². The minimum absolute atomic E-state index is 0.00442. The van der Waals surface area contributed by atoms with Crippen LogP contribution in [0.1, 0.15) is 25.3 Å². The number of pyridine rings is 1. The summed E-state index contributed by atoms with van der Waals surface area (Å²) in [6.45, 7) is 4.81. The normalized spacial score (nSPS) is 29.2. The van der Waals surface area contributed by atoms with Crippen LogP contribution in [0.3, 0.4) is 0 Å². The van der Waals surface area contributed by atoms with Gasteiger partial charge in [0.25, 0.3) is 0 Å². The Morgan fingerprint density at radius 3 is 3.04 bits per heavy atom. The molecule has 1 aromatic rings. The molecule has 0 unspecified atom stereocenters. The molecule has 0 radical (unpaired) electrons. The average Bonchev–Trinajstić information content (AvgIpc) is 2.55. The summed E-state index contributed by atoms with van der Waals surface area (Å²) in [7, 11) is -3.23. The molecular weight excluding hydrogens is 314 g/mol. The Kier molecular flexibility index (Phi) is 5.31. The Bertz CT molecular complexity index is 608. The smallest absolute Gasteiger partial charge is 0.211 e. The molecule has 3 atom stereocenters. The van der Waals surface area contributed by atoms with Crippen LogP contribution < -0.4 is 4.72 Å². The quantitative estimate of drug-likeness (QED) is 0.866. The Labute approximate surface area is 138 Å². The SMILES string of the molecule is CCS(=O)(=O)N[C@@H]1CN(Cc2cccnc2)C[C@@H]2CCCO[C@@H]21. The molecule has 0 amide bonds. The van der Waals surface area contributed by atoms with Gasteiger partial charge < -0.3 is 4.74 Å². The number of nitrogens with zero attached hydrogens (tertiary/aromatic N) is 2. The number of hydrogen-bond acceptors (Lipinski definition) is 5. The van der Waals surface area contributed by atoms with Crippen molar-refractivity contribution in [1.82, 2.24) is 14.6 Å². The number of hydrogen-bond donors (Lipinski definition) is 1. The van der Waals surface area contributed by atoms with E-state index >= 15 is 0 Å². The van der Waals surface area contributed by atoms with Crippen LogP contribution in [0.2, 0.25) is 0 Å². The summed E-state index contributed by atoms with van der Waals surface area (Å²) < 4.78 is 32.8. The summed E-state index contributed by atoms with van der Waals surface area (Å²) in [5, 5.41) is 0. The molecule has 2 aliphatic rings. The van der Waals surface area contributed by atoms with E-state index in [1.807, 2.05) is 12.3 Å². The maximum atomic E-state index is 12.0. The average molecular weight is 339 g/mol. The van der Waals surface area contributed by atoms with Gasteiger partial charge in [-0.25, -0.2) is 13.1 Å². The summed E-state index contributed by atoms with van der Waals surface area (Å²) in [5.41, 5.74) is 1.15. The van der Waals surface area contributed by atoms with Crippen molar-refractivity contribution in [1.29, 1.82) is 0 Å². The lowest BCUT2D eigenvalue weighted by Crippen LogP contribution is -2.60. The van der Waals surface area contributed by atoms with Crippen molar-refractivity contribution in [3.63, 3.8) is 0 Å². The van der Waals surface area contributed by atoms with Crippen LogP contribution in [0, 0.1) is 5.92 Å². The second-order valence-electron chi connectivity index (χ2n) is 6.42. The molecule has 2 aliphatic heterocycles. The summed E-state index contributed by atoms with van der Waals surface area (Å²) in [4.78, 5) is 6.48. The van der Waals surface area contributed by atoms with Gasteiger partial charge in [0.1, 0.15) is 0 Å². The molecule has 3 heterocycles. The molecule has 2 fully saturated rings. The molecule has 1 aromatic heterocycles. The summed E-state index contributed by atoms with van der Waals surface area (Å²) in [6, 6.07) is 3.82. The molecule has 2 saturated heterocycles. The highest BCUT2D eigenvalue weighted by atomic mass is 32.2. The number of rotatable bonds is 5. The third kappa shape index (κ3) is 4.29. The zero-order valence-corrected chi connectivity index (χ0v) is 14.3. The molecule has 0 aliphatic carbocycles. The van der Waals surface area contributed by atoms with E-state index in [9.17, 15) is 8.42 Å². The lowest BCUT2D eigenvalue weighted by molar-refractivity contribution is -0.0823. The van der Waals surface area contributed by atoms with Crippen LogP contribution >= 0.6 is 0 Å². The van der Waals surface area contributed by atoms with Gasteiger partial charge in [0.15, 0.2) is 0 Å². The topological polar surface area (TPSA) is 71.5 Å². The molecule has 7 heteroatoms. The monoisotopic (exact) mass is 339 g/mol. The van der Waals surface area contributed by atoms with Gasteiger partial charge in [0.2, 0.25) is 10.0 Å². The van der Waals surface area contributed by atoms with Crippen molar-refractivity contribution in [2.75, 3.05) is 25.4 Å². The summed E-state index contributed by atoms with van der Waals surface area (Å²) >= 11 is 0. The zero-order chi connectivity index (χ0) is 16.3. The molecule has 0 aromatic carbocycles. The molecule has 0 spiro atoms. The van der Waals surface area contributed by atoms with Gasteiger partial charge in [0.05, 0.1) is 17.9 Å². The first-order valence-electron chi connectivity index (χ1n) is 8.30. The van der Waals surface area contributed by atoms with Gasteiger partial charge in [-0.3, -0.25) is 9.88 Å². The Morgan fingerprint density at radius 2 is 2.30 bits per heavy atom. The third-order valence-electron chi connectivity index (χ3n) is 4.68. The zero-order valence-electron chi connectivity index (χ0n) is 13.5. The fraction of sp³-hybridized carbons (Fsp3) is 0.688. The van der Waals surface area contributed by atoms with Gasteiger partial charge in [-0.05, 0) is 37.3 Å². The third-order valence-corrected chi connectivity index (χ3v) is 6.10. The number of aromatic nitrogens is 1. The maximum Gasteiger partial charge on any atom is 0.211 e. The van der Waals surface area contributed by atoms with E-state index in [-0.39, 0.29) is 17.9 Å². The Hall–Kier alpha value is -1.02. The lowest BCUT2D eigenvalue weighted by Gasteiger charge is -2.45. The van der Waals surface area contributed by atoms with Gasteiger partial charge in [-0.2, -0.15) is 0 Å². The van der Waals surface area contributed by atoms with Gasteiger partial charge in [-0.1, -0.05) is 6.07 Å². The van der Waals surface area contributed by atoms with E-state index in [0.717, 1.165) is 38.1 Å². The summed E-state index contributed by atoms with van der Waals surface area (Å²) in [5.74, 6) is 0.488. The van der Waals surface area contributed by atoms with Gasteiger partial charge in [-0.15, -0.1) is 0 Å². The molecule has 0 bridgehead atoms. The second kappa shape index (κ2) is 7.25. The standard InChI is InChI=1S/C16H25N3O3S/c1-2-23(20,21)18-15-12-19(10-13-5-3-7-17-9-13)11-14-6-4-8-22-16(14)15/h3,5,7,9,14-16,18H,2,4,6,8,10-12H2,1H3/t14-,15+,16-/m0/s1. The Balaban J connectivity index is 1.73. The first-order valence-corrected chi connectivity index (χ1v) is 9.95. The first-order chi connectivity index (χ1) is 11.1. The van der Waals surface area contributed by atoms with Crippen molar-refractivity contribution in [3.8, 4) is 0 Å². The van der Waals surface area contributed by atoms with Crippen LogP contribution in [-0.4, -0.2) is 55.9 Å². The predicted octanol–water partition coefficient (Wildman–Crippen LogP) is 1.00. The van der Waals surface area contributed by atoms with E-state index in [4.69, 9.17) is 4.74 Å². The number of sulfonamides is 1. The lowest BCUT2D eigenvalue weighted by atomic mass is 9.85. The van der Waals surface area contributed by atoms with E-state index < -0.39 is 10.0 Å². The molecular formula is C16H25N3O3S. The van der Waals surface area contributed by atoms with Gasteiger partial charge >= 0.3 is 0 Å². The second-order valence-corrected chi connectivity index (χ2v) is 8.46. The highest BCUT2D eigenvalue weighted by Crippen LogP contribution is 2.29. The van der Waals surface area contributed by atoms with Crippen LogP contribution in [0.4, 0.5) is 0 Å². The molecule has 6 nitrogen and oxygen atoms in total. The van der Waals surface area contributed by atoms with E-state index in [2.05, 4.69) is 20.7 Å². The fourth-order valence-corrected chi connectivity index (χ4v) is 4.43. The minimum atomic E-state index is -3.23. The van der Waals surface area contributed by atoms with E-state index in [1.54, 1.807) is 13.1 Å². The highest BCUT2D eigenvalue weighted by Gasteiger charge is 2.40. The highest BCUT2D eigenvalue weighted by molar-refractivity contribution is 7.89. The number of ether oxygens (including phenoxy) is 1. The maximum absolute atomic E-state index is 12.0. The predicted molar refractivity (Wildman–Crippen MR) is 88.4 cm³/mol. The molecule has 0 saturated carbocycles. The number of nitrogens with one attached hydrogen (secondary N) is 1. The van der Waals surface area contributed by atoms with Crippen molar-refractivity contribution < 1.29 is 13.2 Å². The fourth-order valence-electron chi connectivity index (χ4n) is 3.59. The molecule has 128 valence electrons. The van der Waals surface area contributed by atoms with E-state index in [1.165, 1.54) is 0 Å². The van der Waals surface area contributed by atoms with Crippen LogP contribution in [-0.2, 0) is 21.3 Å². The van der Waals surface area contributed by atoms with Crippen LogP contribution in [0.5, 0.6) is 0 Å². The van der Waals surface area contributed by atoms with Crippen molar-refractivity contribution in [2.45, 2.75) is 38.5 Å². The molecule has 3 rings (SSSR count). The number of likely N-dealkylation sites (tertiary alicyclic amines) is 1. The summed E-state index contributed by atoms with van der Waals surface area (Å²) in [6.07, 6.45) is 5.78. The number of fused-ring (bicyclic) bond motifs is 1. The largest absolute Gasteiger partial charge is 0.376 e. The van der Waals surface area contributed by atoms with Crippen LogP contribution in [0.15, 0.2) is 24.5 Å². The minimum Gasteiger partial charge on any atom is -0.376 e. The first kappa shape index (κ1) is 16.8. The van der Waals surface area contributed by atoms with Gasteiger partial charge in [0, 0.05) is 38.6 Å². The van der Waals surface area contributed by atoms with Crippen molar-refractivity contribution in [2.24, 2.45) is 5.92 Å².